The Bertz CT molecular complexity index is 1010. The maximum atomic E-state index is 12.6. The molecule has 0 saturated heterocycles. The summed E-state index contributed by atoms with van der Waals surface area (Å²) in [6, 6.07) is 0. The quantitative estimate of drug-likeness (QED) is 0.0242. The van der Waals surface area contributed by atoms with Crippen molar-refractivity contribution in [2.75, 3.05) is 33.0 Å². The first-order valence-electron chi connectivity index (χ1n) is 20.8. The number of aliphatic hydroxyl groups excluding tert-OH is 2. The number of hydrogen-bond acceptors (Lipinski definition) is 8. The summed E-state index contributed by atoms with van der Waals surface area (Å²) in [7, 11) is -4.52. The summed E-state index contributed by atoms with van der Waals surface area (Å²) in [5.74, 6) is -0.402. The summed E-state index contributed by atoms with van der Waals surface area (Å²) in [5.41, 5.74) is 0. The van der Waals surface area contributed by atoms with E-state index in [-0.39, 0.29) is 19.6 Å². The molecule has 3 atom stereocenters. The highest BCUT2D eigenvalue weighted by molar-refractivity contribution is 7.47. The van der Waals surface area contributed by atoms with Crippen LogP contribution in [0.5, 0.6) is 0 Å². The van der Waals surface area contributed by atoms with Crippen LogP contribution >= 0.6 is 7.82 Å². The molecule has 0 aliphatic heterocycles. The molecule has 0 aromatic carbocycles. The Morgan fingerprint density at radius 3 is 1.62 bits per heavy atom. The molecule has 10 heteroatoms. The third-order valence-corrected chi connectivity index (χ3v) is 9.39. The summed E-state index contributed by atoms with van der Waals surface area (Å²) in [6.45, 7) is 3.32. The van der Waals surface area contributed by atoms with Gasteiger partial charge in [-0.05, 0) is 70.6 Å². The van der Waals surface area contributed by atoms with Crippen LogP contribution in [0.1, 0.15) is 162 Å². The van der Waals surface area contributed by atoms with E-state index in [1.54, 1.807) is 0 Å². The Kier molecular flexibility index (Phi) is 38.5. The molecule has 0 aromatic heterocycles. The van der Waals surface area contributed by atoms with Crippen LogP contribution in [0.4, 0.5) is 0 Å². The van der Waals surface area contributed by atoms with Crippen molar-refractivity contribution >= 4 is 13.8 Å². The standard InChI is InChI=1S/C43H77O9P/c1-3-5-7-9-11-13-15-17-19-20-21-22-24-26-28-30-32-34-36-49-39-42(40-51-53(47,48)50-38-41(45)37-44)52-43(46)35-33-31-29-27-25-23-18-16-14-12-10-8-6-4-2/h5,7,10-13,16-19,41-42,44-45H,3-4,6,8-9,14-15,20-40H2,1-2H3,(H,47,48)/b7-5-,12-10-,13-11-,18-16-,19-17-. The zero-order chi connectivity index (χ0) is 38.9. The van der Waals surface area contributed by atoms with E-state index in [1.165, 1.54) is 44.9 Å². The second kappa shape index (κ2) is 39.8. The van der Waals surface area contributed by atoms with E-state index < -0.39 is 39.2 Å². The highest BCUT2D eigenvalue weighted by Crippen LogP contribution is 2.43. The van der Waals surface area contributed by atoms with Gasteiger partial charge < -0.3 is 24.6 Å². The Morgan fingerprint density at radius 2 is 1.08 bits per heavy atom. The highest BCUT2D eigenvalue weighted by atomic mass is 31.2. The van der Waals surface area contributed by atoms with Gasteiger partial charge in [0.1, 0.15) is 12.2 Å². The minimum Gasteiger partial charge on any atom is -0.457 e. The van der Waals surface area contributed by atoms with Gasteiger partial charge in [-0.2, -0.15) is 0 Å². The lowest BCUT2D eigenvalue weighted by atomic mass is 10.1. The molecule has 0 spiro atoms. The van der Waals surface area contributed by atoms with Crippen molar-refractivity contribution in [2.24, 2.45) is 0 Å². The van der Waals surface area contributed by atoms with Gasteiger partial charge in [0.15, 0.2) is 0 Å². The average Bonchev–Trinajstić information content (AvgIpc) is 3.15. The minimum absolute atomic E-state index is 0.0358. The second-order valence-electron chi connectivity index (χ2n) is 13.6. The second-order valence-corrected chi connectivity index (χ2v) is 15.1. The SMILES string of the molecule is CC/C=C\C/C=C\C/C=C\CCCCCCCCCCOCC(COP(=O)(O)OCC(O)CO)OC(=O)CCCCCCC/C=C\C/C=C\CCCC. The van der Waals surface area contributed by atoms with E-state index in [4.69, 9.17) is 23.6 Å². The van der Waals surface area contributed by atoms with Gasteiger partial charge in [-0.25, -0.2) is 4.57 Å². The zero-order valence-corrected chi connectivity index (χ0v) is 34.4. The number of aliphatic hydroxyl groups is 2. The fraction of sp³-hybridized carbons (Fsp3) is 0.744. The molecule has 0 rings (SSSR count). The first-order valence-corrected chi connectivity index (χ1v) is 22.3. The molecule has 9 nitrogen and oxygen atoms in total. The minimum atomic E-state index is -4.52. The summed E-state index contributed by atoms with van der Waals surface area (Å²) >= 11 is 0. The number of rotatable bonds is 39. The zero-order valence-electron chi connectivity index (χ0n) is 33.5. The average molecular weight is 769 g/mol. The van der Waals surface area contributed by atoms with Crippen molar-refractivity contribution in [2.45, 2.75) is 174 Å². The molecule has 53 heavy (non-hydrogen) atoms. The smallest absolute Gasteiger partial charge is 0.457 e. The van der Waals surface area contributed by atoms with Crippen LogP contribution < -0.4 is 0 Å². The van der Waals surface area contributed by atoms with Crippen molar-refractivity contribution in [3.8, 4) is 0 Å². The molecule has 0 radical (unpaired) electrons. The third-order valence-electron chi connectivity index (χ3n) is 8.44. The predicted octanol–water partition coefficient (Wildman–Crippen LogP) is 11.2. The fourth-order valence-electron chi connectivity index (χ4n) is 5.27. The predicted molar refractivity (Wildman–Crippen MR) is 219 cm³/mol. The van der Waals surface area contributed by atoms with Crippen molar-refractivity contribution in [1.82, 2.24) is 0 Å². The van der Waals surface area contributed by atoms with Crippen LogP contribution in [-0.4, -0.2) is 66.3 Å². The Morgan fingerprint density at radius 1 is 0.604 bits per heavy atom. The maximum absolute atomic E-state index is 12.6. The number of allylic oxidation sites excluding steroid dienone is 10. The Balaban J connectivity index is 4.22. The molecule has 0 fully saturated rings. The van der Waals surface area contributed by atoms with Gasteiger partial charge >= 0.3 is 13.8 Å². The number of esters is 1. The van der Waals surface area contributed by atoms with Crippen molar-refractivity contribution in [3.05, 3.63) is 60.8 Å². The van der Waals surface area contributed by atoms with Crippen LogP contribution in [0, 0.1) is 0 Å². The Labute approximate surface area is 323 Å². The van der Waals surface area contributed by atoms with E-state index in [1.807, 2.05) is 0 Å². The molecule has 3 unspecified atom stereocenters. The van der Waals surface area contributed by atoms with Crippen LogP contribution in [0.25, 0.3) is 0 Å². The molecular weight excluding hydrogens is 691 g/mol. The highest BCUT2D eigenvalue weighted by Gasteiger charge is 2.26. The van der Waals surface area contributed by atoms with Gasteiger partial charge in [-0.15, -0.1) is 0 Å². The van der Waals surface area contributed by atoms with Gasteiger partial charge in [0, 0.05) is 13.0 Å². The summed E-state index contributed by atoms with van der Waals surface area (Å²) in [4.78, 5) is 22.5. The number of carbonyl (C=O) groups is 1. The van der Waals surface area contributed by atoms with E-state index in [0.717, 1.165) is 89.9 Å². The maximum Gasteiger partial charge on any atom is 0.472 e. The first kappa shape index (κ1) is 51.2. The largest absolute Gasteiger partial charge is 0.472 e. The van der Waals surface area contributed by atoms with E-state index in [2.05, 4.69) is 74.6 Å². The van der Waals surface area contributed by atoms with E-state index >= 15 is 0 Å². The molecule has 3 N–H and O–H groups in total. The monoisotopic (exact) mass is 769 g/mol. The lowest BCUT2D eigenvalue weighted by molar-refractivity contribution is -0.154. The van der Waals surface area contributed by atoms with Gasteiger partial charge in [-0.3, -0.25) is 13.8 Å². The first-order chi connectivity index (χ1) is 25.8. The van der Waals surface area contributed by atoms with E-state index in [0.29, 0.717) is 13.0 Å². The number of unbranched alkanes of at least 4 members (excludes halogenated alkanes) is 15. The Hall–Kier alpha value is -1.84. The number of hydrogen-bond donors (Lipinski definition) is 3. The van der Waals surface area contributed by atoms with Crippen LogP contribution in [-0.2, 0) is 27.9 Å². The van der Waals surface area contributed by atoms with Crippen LogP contribution in [0.3, 0.4) is 0 Å². The summed E-state index contributed by atoms with van der Waals surface area (Å²) in [5, 5.41) is 18.3. The van der Waals surface area contributed by atoms with E-state index in [9.17, 15) is 19.4 Å². The van der Waals surface area contributed by atoms with Crippen molar-refractivity contribution < 1.29 is 43.0 Å². The third kappa shape index (κ3) is 39.7. The summed E-state index contributed by atoms with van der Waals surface area (Å²) < 4.78 is 33.3. The molecule has 0 bridgehead atoms. The van der Waals surface area contributed by atoms with Crippen molar-refractivity contribution in [1.29, 1.82) is 0 Å². The summed E-state index contributed by atoms with van der Waals surface area (Å²) in [6.07, 6.45) is 44.6. The van der Waals surface area contributed by atoms with Crippen LogP contribution in [0.2, 0.25) is 0 Å². The number of carbonyl (C=O) groups excluding carboxylic acids is 1. The molecule has 0 aliphatic rings. The van der Waals surface area contributed by atoms with Crippen molar-refractivity contribution in [3.63, 3.8) is 0 Å². The number of phosphoric ester groups is 1. The topological polar surface area (TPSA) is 132 Å². The van der Waals surface area contributed by atoms with Gasteiger partial charge in [0.25, 0.3) is 0 Å². The number of phosphoric acid groups is 1. The fourth-order valence-corrected chi connectivity index (χ4v) is 6.06. The van der Waals surface area contributed by atoms with Gasteiger partial charge in [0.05, 0.1) is 26.4 Å². The molecule has 308 valence electrons. The van der Waals surface area contributed by atoms with Gasteiger partial charge in [0.2, 0.25) is 0 Å². The molecule has 0 aromatic rings. The molecule has 0 amide bonds. The molecular formula is C43H77O9P. The lowest BCUT2D eigenvalue weighted by Crippen LogP contribution is -2.29. The molecule has 0 aliphatic carbocycles. The van der Waals surface area contributed by atoms with Crippen LogP contribution in [0.15, 0.2) is 60.8 Å². The lowest BCUT2D eigenvalue weighted by Gasteiger charge is -2.20. The number of ether oxygens (including phenoxy) is 2. The van der Waals surface area contributed by atoms with Gasteiger partial charge in [-0.1, -0.05) is 145 Å². The molecule has 0 saturated carbocycles. The molecule has 0 heterocycles. The normalized spacial score (nSPS) is 14.7.